The Labute approximate surface area is 173 Å². The second-order valence-corrected chi connectivity index (χ2v) is 6.81. The quantitative estimate of drug-likeness (QED) is 0.331. The first-order chi connectivity index (χ1) is 13.6. The zero-order valence-electron chi connectivity index (χ0n) is 15.2. The molecule has 2 N–H and O–H groups in total. The molecule has 3 aromatic rings. The molecule has 5 nitrogen and oxygen atoms in total. The van der Waals surface area contributed by atoms with Crippen LogP contribution in [-0.4, -0.2) is 29.5 Å². The number of H-pyrrole nitrogens is 1. The molecule has 0 saturated heterocycles. The Morgan fingerprint density at radius 1 is 1.25 bits per heavy atom. The summed E-state index contributed by atoms with van der Waals surface area (Å²) in [5.74, 6) is -0.0576. The number of carbonyl (C=O) groups excluding carboxylic acids is 1. The summed E-state index contributed by atoms with van der Waals surface area (Å²) in [6.45, 7) is 0.476. The number of ether oxygens (including phenoxy) is 1. The molecule has 0 aliphatic heterocycles. The summed E-state index contributed by atoms with van der Waals surface area (Å²) in [7, 11) is 1.46. The van der Waals surface area contributed by atoms with Crippen molar-refractivity contribution >= 4 is 46.1 Å². The van der Waals surface area contributed by atoms with Gasteiger partial charge in [-0.05, 0) is 42.5 Å². The standard InChI is InChI=1S/C21H19Cl2N3O2/c1-28-20(21(27)25-10-8-15-5-2-3-9-24-15)7-4-6-16-11-14-12-17(22)18(23)13-19(14)26-16/h2-7,9,11-13,26H,8,10H2,1H3,(H,25,27). The van der Waals surface area contributed by atoms with Crippen LogP contribution in [0.3, 0.4) is 0 Å². The third kappa shape index (κ3) is 5.15. The maximum Gasteiger partial charge on any atom is 0.286 e. The lowest BCUT2D eigenvalue weighted by atomic mass is 10.2. The number of carbonyl (C=O) groups is 1. The third-order valence-corrected chi connectivity index (χ3v) is 4.76. The van der Waals surface area contributed by atoms with Crippen molar-refractivity contribution in [1.29, 1.82) is 0 Å². The highest BCUT2D eigenvalue weighted by Gasteiger charge is 2.08. The Morgan fingerprint density at radius 2 is 2.07 bits per heavy atom. The van der Waals surface area contributed by atoms with E-state index in [2.05, 4.69) is 15.3 Å². The number of rotatable bonds is 7. The molecule has 0 aliphatic carbocycles. The lowest BCUT2D eigenvalue weighted by molar-refractivity contribution is -0.120. The van der Waals surface area contributed by atoms with Crippen molar-refractivity contribution in [3.8, 4) is 0 Å². The Morgan fingerprint density at radius 3 is 2.82 bits per heavy atom. The number of nitrogens with zero attached hydrogens (tertiary/aromatic N) is 1. The predicted molar refractivity (Wildman–Crippen MR) is 113 cm³/mol. The molecule has 144 valence electrons. The van der Waals surface area contributed by atoms with Crippen LogP contribution in [0.4, 0.5) is 0 Å². The molecule has 0 fully saturated rings. The predicted octanol–water partition coefficient (Wildman–Crippen LogP) is 4.77. The summed E-state index contributed by atoms with van der Waals surface area (Å²) < 4.78 is 5.18. The topological polar surface area (TPSA) is 67.0 Å². The molecule has 0 aliphatic rings. The molecule has 28 heavy (non-hydrogen) atoms. The first-order valence-electron chi connectivity index (χ1n) is 8.65. The lowest BCUT2D eigenvalue weighted by Gasteiger charge is -2.07. The van der Waals surface area contributed by atoms with E-state index in [0.717, 1.165) is 22.3 Å². The van der Waals surface area contributed by atoms with Crippen molar-refractivity contribution in [2.24, 2.45) is 0 Å². The van der Waals surface area contributed by atoms with Gasteiger partial charge in [0, 0.05) is 41.5 Å². The molecule has 2 heterocycles. The highest BCUT2D eigenvalue weighted by atomic mass is 35.5. The van der Waals surface area contributed by atoms with E-state index >= 15 is 0 Å². The second kappa shape index (κ2) is 9.44. The number of halogens is 2. The maximum atomic E-state index is 12.2. The first-order valence-corrected chi connectivity index (χ1v) is 9.40. The Hall–Kier alpha value is -2.76. The van der Waals surface area contributed by atoms with E-state index in [1.807, 2.05) is 30.3 Å². The fraction of sp³-hybridized carbons (Fsp3) is 0.143. The average Bonchev–Trinajstić information content (AvgIpc) is 3.07. The van der Waals surface area contributed by atoms with Crippen molar-refractivity contribution in [2.75, 3.05) is 13.7 Å². The number of amides is 1. The molecule has 1 aromatic carbocycles. The smallest absolute Gasteiger partial charge is 0.286 e. The Balaban J connectivity index is 1.61. The largest absolute Gasteiger partial charge is 0.491 e. The zero-order chi connectivity index (χ0) is 19.9. The van der Waals surface area contributed by atoms with Crippen LogP contribution in [0.1, 0.15) is 11.4 Å². The van der Waals surface area contributed by atoms with Gasteiger partial charge in [-0.15, -0.1) is 0 Å². The number of hydrogen-bond acceptors (Lipinski definition) is 3. The van der Waals surface area contributed by atoms with Crippen LogP contribution in [0, 0.1) is 0 Å². The second-order valence-electron chi connectivity index (χ2n) is 6.00. The monoisotopic (exact) mass is 415 g/mol. The number of hydrogen-bond donors (Lipinski definition) is 2. The number of nitrogens with one attached hydrogen (secondary N) is 2. The molecule has 0 saturated carbocycles. The van der Waals surface area contributed by atoms with Crippen LogP contribution in [0.2, 0.25) is 10.0 Å². The third-order valence-electron chi connectivity index (χ3n) is 4.04. The molecule has 2 aromatic heterocycles. The van der Waals surface area contributed by atoms with Crippen molar-refractivity contribution in [3.05, 3.63) is 81.9 Å². The number of aromatic nitrogens is 2. The fourth-order valence-electron chi connectivity index (χ4n) is 2.65. The highest BCUT2D eigenvalue weighted by molar-refractivity contribution is 6.42. The summed E-state index contributed by atoms with van der Waals surface area (Å²) in [5.41, 5.74) is 2.66. The molecule has 0 bridgehead atoms. The van der Waals surface area contributed by atoms with Crippen molar-refractivity contribution in [1.82, 2.24) is 15.3 Å². The fourth-order valence-corrected chi connectivity index (χ4v) is 2.99. The first kappa shape index (κ1) is 20.0. The molecule has 7 heteroatoms. The van der Waals surface area contributed by atoms with Crippen LogP contribution in [0.5, 0.6) is 0 Å². The van der Waals surface area contributed by atoms with Gasteiger partial charge in [0.05, 0.1) is 17.2 Å². The summed E-state index contributed by atoms with van der Waals surface area (Å²) in [5, 5.41) is 4.78. The molecule has 0 unspecified atom stereocenters. The van der Waals surface area contributed by atoms with E-state index in [4.69, 9.17) is 27.9 Å². The Bertz CT molecular complexity index is 988. The summed E-state index contributed by atoms with van der Waals surface area (Å²) >= 11 is 12.1. The summed E-state index contributed by atoms with van der Waals surface area (Å²) in [4.78, 5) is 19.7. The van der Waals surface area contributed by atoms with Gasteiger partial charge < -0.3 is 15.0 Å². The molecule has 1 amide bonds. The van der Waals surface area contributed by atoms with Crippen molar-refractivity contribution < 1.29 is 9.53 Å². The summed E-state index contributed by atoms with van der Waals surface area (Å²) in [6.07, 6.45) is 7.57. The van der Waals surface area contributed by atoms with E-state index in [1.165, 1.54) is 7.11 Å². The molecular weight excluding hydrogens is 397 g/mol. The highest BCUT2D eigenvalue weighted by Crippen LogP contribution is 2.28. The van der Waals surface area contributed by atoms with Gasteiger partial charge in [0.25, 0.3) is 5.91 Å². The SMILES string of the molecule is COC(=CC=Cc1cc2cc(Cl)c(Cl)cc2[nH]1)C(=O)NCCc1ccccn1. The lowest BCUT2D eigenvalue weighted by Crippen LogP contribution is -2.27. The zero-order valence-corrected chi connectivity index (χ0v) is 16.7. The van der Waals surface area contributed by atoms with Crippen LogP contribution >= 0.6 is 23.2 Å². The van der Waals surface area contributed by atoms with E-state index < -0.39 is 0 Å². The Kier molecular flexibility index (Phi) is 6.74. The van der Waals surface area contributed by atoms with Gasteiger partial charge in [-0.25, -0.2) is 0 Å². The van der Waals surface area contributed by atoms with Gasteiger partial charge in [0.15, 0.2) is 5.76 Å². The van der Waals surface area contributed by atoms with Crippen LogP contribution in [0.15, 0.2) is 60.5 Å². The van der Waals surface area contributed by atoms with Crippen LogP contribution < -0.4 is 5.32 Å². The number of fused-ring (bicyclic) bond motifs is 1. The number of allylic oxidation sites excluding steroid dienone is 2. The number of pyridine rings is 1. The maximum absolute atomic E-state index is 12.2. The van der Waals surface area contributed by atoms with Gasteiger partial charge in [-0.1, -0.05) is 35.3 Å². The van der Waals surface area contributed by atoms with Gasteiger partial charge in [0.2, 0.25) is 0 Å². The van der Waals surface area contributed by atoms with Crippen molar-refractivity contribution in [3.63, 3.8) is 0 Å². The number of benzene rings is 1. The molecule has 0 radical (unpaired) electrons. The van der Waals surface area contributed by atoms with Crippen molar-refractivity contribution in [2.45, 2.75) is 6.42 Å². The molecule has 3 rings (SSSR count). The van der Waals surface area contributed by atoms with E-state index in [0.29, 0.717) is 23.0 Å². The number of aromatic amines is 1. The molecule has 0 spiro atoms. The number of methoxy groups -OCH3 is 1. The molecular formula is C21H19Cl2N3O2. The van der Waals surface area contributed by atoms with Crippen LogP contribution in [-0.2, 0) is 16.0 Å². The van der Waals surface area contributed by atoms with Gasteiger partial charge in [-0.3, -0.25) is 9.78 Å². The van der Waals surface area contributed by atoms with Gasteiger partial charge in [0.1, 0.15) is 0 Å². The molecule has 0 atom stereocenters. The van der Waals surface area contributed by atoms with Crippen LogP contribution in [0.25, 0.3) is 17.0 Å². The minimum Gasteiger partial charge on any atom is -0.491 e. The summed E-state index contributed by atoms with van der Waals surface area (Å²) in [6, 6.07) is 11.2. The average molecular weight is 416 g/mol. The van der Waals surface area contributed by atoms with Gasteiger partial charge >= 0.3 is 0 Å². The van der Waals surface area contributed by atoms with Gasteiger partial charge in [-0.2, -0.15) is 0 Å². The van der Waals surface area contributed by atoms with E-state index in [9.17, 15) is 4.79 Å². The minimum atomic E-state index is -0.279. The minimum absolute atomic E-state index is 0.222. The van der Waals surface area contributed by atoms with E-state index in [1.54, 1.807) is 30.5 Å². The van der Waals surface area contributed by atoms with E-state index in [-0.39, 0.29) is 11.7 Å². The normalized spacial score (nSPS) is 11.9.